The lowest BCUT2D eigenvalue weighted by molar-refractivity contribution is 0.369. The summed E-state index contributed by atoms with van der Waals surface area (Å²) in [7, 11) is 0. The first-order chi connectivity index (χ1) is 14.7. The maximum absolute atomic E-state index is 10.1. The lowest BCUT2D eigenvalue weighted by Gasteiger charge is -2.37. The van der Waals surface area contributed by atoms with Gasteiger partial charge in [0, 0.05) is 44.4 Å². The molecule has 4 rings (SSSR count). The standard InChI is InChI=1S/C23H27N5O2.HI/c1-2-24-23(25-17-19-16-22(30-26-19)18-8-4-3-5-9-18)28-14-12-27(13-15-28)20-10-6-7-11-21(20)29;/h3-11,16,29H,2,12-15,17H2,1H3,(H,24,25);1H. The van der Waals surface area contributed by atoms with E-state index in [2.05, 4.69) is 27.2 Å². The number of hydrogen-bond acceptors (Lipinski definition) is 5. The van der Waals surface area contributed by atoms with Crippen molar-refractivity contribution in [2.75, 3.05) is 37.6 Å². The number of halogens is 1. The van der Waals surface area contributed by atoms with Gasteiger partial charge in [0.1, 0.15) is 11.4 Å². The molecule has 7 nitrogen and oxygen atoms in total. The van der Waals surface area contributed by atoms with Gasteiger partial charge < -0.3 is 24.7 Å². The molecule has 0 unspecified atom stereocenters. The summed E-state index contributed by atoms with van der Waals surface area (Å²) < 4.78 is 5.48. The molecule has 0 atom stereocenters. The Hall–Kier alpha value is -2.75. The van der Waals surface area contributed by atoms with Crippen LogP contribution in [0.2, 0.25) is 0 Å². The van der Waals surface area contributed by atoms with Crippen molar-refractivity contribution in [1.82, 2.24) is 15.4 Å². The van der Waals surface area contributed by atoms with Crippen LogP contribution in [0, 0.1) is 0 Å². The Morgan fingerprint density at radius 3 is 2.48 bits per heavy atom. The minimum absolute atomic E-state index is 0. The van der Waals surface area contributed by atoms with Gasteiger partial charge in [-0.15, -0.1) is 24.0 Å². The number of nitrogens with one attached hydrogen (secondary N) is 1. The van der Waals surface area contributed by atoms with E-state index >= 15 is 0 Å². The first kappa shape index (κ1) is 22.9. The molecule has 1 saturated heterocycles. The summed E-state index contributed by atoms with van der Waals surface area (Å²) in [5.41, 5.74) is 2.69. The molecule has 0 aliphatic carbocycles. The minimum atomic E-state index is 0. The Kier molecular flexibility index (Phi) is 8.16. The highest BCUT2D eigenvalue weighted by Crippen LogP contribution is 2.27. The molecule has 0 saturated carbocycles. The maximum Gasteiger partial charge on any atom is 0.194 e. The third-order valence-electron chi connectivity index (χ3n) is 5.14. The number of phenolic OH excluding ortho intramolecular Hbond substituents is 1. The lowest BCUT2D eigenvalue weighted by Crippen LogP contribution is -2.52. The average Bonchev–Trinajstić information content (AvgIpc) is 3.27. The number of benzene rings is 2. The van der Waals surface area contributed by atoms with Crippen molar-refractivity contribution >= 4 is 35.6 Å². The van der Waals surface area contributed by atoms with Crippen LogP contribution in [0.5, 0.6) is 5.75 Å². The Bertz CT molecular complexity index is 984. The Labute approximate surface area is 199 Å². The largest absolute Gasteiger partial charge is 0.506 e. The van der Waals surface area contributed by atoms with Gasteiger partial charge in [0.2, 0.25) is 0 Å². The number of phenols is 1. The van der Waals surface area contributed by atoms with Gasteiger partial charge in [-0.25, -0.2) is 4.99 Å². The van der Waals surface area contributed by atoms with Crippen molar-refractivity contribution < 1.29 is 9.63 Å². The Morgan fingerprint density at radius 2 is 1.77 bits per heavy atom. The monoisotopic (exact) mass is 533 g/mol. The van der Waals surface area contributed by atoms with Gasteiger partial charge in [0.15, 0.2) is 11.7 Å². The summed E-state index contributed by atoms with van der Waals surface area (Å²) in [6.07, 6.45) is 0. The van der Waals surface area contributed by atoms with Crippen molar-refractivity contribution in [2.24, 2.45) is 4.99 Å². The molecule has 1 aromatic heterocycles. The Balaban J connectivity index is 0.00000272. The number of nitrogens with zero attached hydrogens (tertiary/aromatic N) is 4. The molecule has 0 bridgehead atoms. The summed E-state index contributed by atoms with van der Waals surface area (Å²) in [5, 5.41) is 17.7. The molecule has 3 aromatic rings. The third-order valence-corrected chi connectivity index (χ3v) is 5.14. The summed E-state index contributed by atoms with van der Waals surface area (Å²) in [6, 6.07) is 19.4. The maximum atomic E-state index is 10.1. The smallest absolute Gasteiger partial charge is 0.194 e. The second-order valence-corrected chi connectivity index (χ2v) is 7.18. The molecule has 31 heavy (non-hydrogen) atoms. The van der Waals surface area contributed by atoms with E-state index in [-0.39, 0.29) is 24.0 Å². The van der Waals surface area contributed by atoms with Crippen LogP contribution in [0.4, 0.5) is 5.69 Å². The number of anilines is 1. The van der Waals surface area contributed by atoms with Gasteiger partial charge in [-0.2, -0.15) is 0 Å². The fourth-order valence-corrected chi connectivity index (χ4v) is 3.60. The highest BCUT2D eigenvalue weighted by Gasteiger charge is 2.21. The molecular weight excluding hydrogens is 505 g/mol. The molecule has 164 valence electrons. The predicted molar refractivity (Wildman–Crippen MR) is 134 cm³/mol. The number of aromatic nitrogens is 1. The SMILES string of the molecule is CCNC(=NCc1cc(-c2ccccc2)on1)N1CCN(c2ccccc2O)CC1.I. The molecule has 1 fully saturated rings. The molecule has 8 heteroatoms. The van der Waals surface area contributed by atoms with Gasteiger partial charge in [-0.05, 0) is 19.1 Å². The first-order valence-corrected chi connectivity index (χ1v) is 10.3. The van der Waals surface area contributed by atoms with Crippen LogP contribution in [0.15, 0.2) is 70.2 Å². The fraction of sp³-hybridized carbons (Fsp3) is 0.304. The number of guanidine groups is 1. The van der Waals surface area contributed by atoms with Crippen LogP contribution in [-0.4, -0.2) is 53.8 Å². The van der Waals surface area contributed by atoms with E-state index in [1.54, 1.807) is 6.07 Å². The van der Waals surface area contributed by atoms with Gasteiger partial charge >= 0.3 is 0 Å². The van der Waals surface area contributed by atoms with E-state index in [0.29, 0.717) is 12.3 Å². The van der Waals surface area contributed by atoms with E-state index in [4.69, 9.17) is 9.52 Å². The van der Waals surface area contributed by atoms with Crippen LogP contribution in [-0.2, 0) is 6.54 Å². The van der Waals surface area contributed by atoms with Crippen LogP contribution in [0.25, 0.3) is 11.3 Å². The average molecular weight is 533 g/mol. The molecule has 0 spiro atoms. The van der Waals surface area contributed by atoms with E-state index in [1.807, 2.05) is 54.6 Å². The summed E-state index contributed by atoms with van der Waals surface area (Å²) in [6.45, 7) is 6.62. The predicted octanol–water partition coefficient (Wildman–Crippen LogP) is 3.95. The van der Waals surface area contributed by atoms with Crippen molar-refractivity contribution in [3.05, 3.63) is 66.4 Å². The van der Waals surface area contributed by atoms with Crippen molar-refractivity contribution in [1.29, 1.82) is 0 Å². The second-order valence-electron chi connectivity index (χ2n) is 7.18. The quantitative estimate of drug-likeness (QED) is 0.294. The van der Waals surface area contributed by atoms with Gasteiger partial charge in [0.25, 0.3) is 0 Å². The highest BCUT2D eigenvalue weighted by atomic mass is 127. The first-order valence-electron chi connectivity index (χ1n) is 10.3. The van der Waals surface area contributed by atoms with Crippen molar-refractivity contribution in [3.63, 3.8) is 0 Å². The second kappa shape index (κ2) is 11.0. The van der Waals surface area contributed by atoms with Gasteiger partial charge in [-0.3, -0.25) is 0 Å². The van der Waals surface area contributed by atoms with E-state index in [0.717, 1.165) is 61.4 Å². The Morgan fingerprint density at radius 1 is 1.06 bits per heavy atom. The number of rotatable bonds is 5. The van der Waals surface area contributed by atoms with E-state index in [1.165, 1.54) is 0 Å². The zero-order valence-corrected chi connectivity index (χ0v) is 19.9. The zero-order chi connectivity index (χ0) is 20.8. The molecule has 2 aromatic carbocycles. The van der Waals surface area contributed by atoms with Crippen LogP contribution in [0.1, 0.15) is 12.6 Å². The number of aliphatic imine (C=N–C) groups is 1. The summed E-state index contributed by atoms with van der Waals surface area (Å²) in [4.78, 5) is 9.23. The minimum Gasteiger partial charge on any atom is -0.506 e. The van der Waals surface area contributed by atoms with Crippen LogP contribution < -0.4 is 10.2 Å². The van der Waals surface area contributed by atoms with E-state index < -0.39 is 0 Å². The highest BCUT2D eigenvalue weighted by molar-refractivity contribution is 14.0. The molecule has 0 radical (unpaired) electrons. The van der Waals surface area contributed by atoms with Crippen molar-refractivity contribution in [3.8, 4) is 17.1 Å². The number of para-hydroxylation sites is 2. The van der Waals surface area contributed by atoms with E-state index in [9.17, 15) is 5.11 Å². The van der Waals surface area contributed by atoms with Gasteiger partial charge in [0.05, 0.1) is 12.2 Å². The third kappa shape index (κ3) is 5.69. The summed E-state index contributed by atoms with van der Waals surface area (Å²) in [5.74, 6) is 1.95. The molecule has 2 heterocycles. The van der Waals surface area contributed by atoms with Gasteiger partial charge in [-0.1, -0.05) is 47.6 Å². The zero-order valence-electron chi connectivity index (χ0n) is 17.6. The molecule has 1 aliphatic rings. The number of piperazine rings is 1. The van der Waals surface area contributed by atoms with Crippen LogP contribution >= 0.6 is 24.0 Å². The topological polar surface area (TPSA) is 77.1 Å². The summed E-state index contributed by atoms with van der Waals surface area (Å²) >= 11 is 0. The molecular formula is C23H28IN5O2. The molecule has 0 amide bonds. The number of aromatic hydroxyl groups is 1. The molecule has 1 aliphatic heterocycles. The normalized spacial score (nSPS) is 14.3. The number of hydrogen-bond donors (Lipinski definition) is 2. The van der Waals surface area contributed by atoms with Crippen molar-refractivity contribution in [2.45, 2.75) is 13.5 Å². The lowest BCUT2D eigenvalue weighted by atomic mass is 10.2. The van der Waals surface area contributed by atoms with Crippen LogP contribution in [0.3, 0.4) is 0 Å². The fourth-order valence-electron chi connectivity index (χ4n) is 3.60. The molecule has 2 N–H and O–H groups in total.